The van der Waals surface area contributed by atoms with Crippen LogP contribution in [0.3, 0.4) is 0 Å². The Kier molecular flexibility index (Phi) is 3.38. The molecule has 0 aliphatic heterocycles. The van der Waals surface area contributed by atoms with Gasteiger partial charge in [0.2, 0.25) is 0 Å². The van der Waals surface area contributed by atoms with Crippen LogP contribution in [-0.4, -0.2) is 5.11 Å². The van der Waals surface area contributed by atoms with E-state index in [4.69, 9.17) is 0 Å². The quantitative estimate of drug-likeness (QED) is 0.787. The molecule has 2 aromatic carbocycles. The number of fused-ring (bicyclic) bond motifs is 1. The zero-order chi connectivity index (χ0) is 14.3. The van der Waals surface area contributed by atoms with Gasteiger partial charge >= 0.3 is 0 Å². The summed E-state index contributed by atoms with van der Waals surface area (Å²) in [7, 11) is 0. The highest BCUT2D eigenvalue weighted by Gasteiger charge is 2.25. The second-order valence-electron chi connectivity index (χ2n) is 4.83. The maximum atomic E-state index is 13.8. The number of benzene rings is 2. The van der Waals surface area contributed by atoms with Crippen molar-refractivity contribution in [3.8, 4) is 5.75 Å². The molecule has 3 rings (SSSR count). The van der Waals surface area contributed by atoms with Gasteiger partial charge in [-0.15, -0.1) is 0 Å². The van der Waals surface area contributed by atoms with Crippen LogP contribution in [0.2, 0.25) is 0 Å². The van der Waals surface area contributed by atoms with Crippen LogP contribution in [-0.2, 0) is 6.42 Å². The van der Waals surface area contributed by atoms with Crippen molar-refractivity contribution in [3.63, 3.8) is 0 Å². The highest BCUT2D eigenvalue weighted by molar-refractivity contribution is 9.10. The molecule has 1 unspecified atom stereocenters. The van der Waals surface area contributed by atoms with Crippen LogP contribution in [0.4, 0.5) is 14.5 Å². The molecule has 20 heavy (non-hydrogen) atoms. The average Bonchev–Trinajstić information content (AvgIpc) is 2.81. The maximum absolute atomic E-state index is 13.8. The van der Waals surface area contributed by atoms with E-state index >= 15 is 0 Å². The summed E-state index contributed by atoms with van der Waals surface area (Å²) in [6.07, 6.45) is 1.50. The highest BCUT2D eigenvalue weighted by Crippen LogP contribution is 2.39. The van der Waals surface area contributed by atoms with Crippen molar-refractivity contribution in [2.75, 3.05) is 5.32 Å². The number of nitrogens with one attached hydrogen (secondary N) is 1. The first kappa shape index (κ1) is 13.4. The normalized spacial score (nSPS) is 17.1. The van der Waals surface area contributed by atoms with E-state index in [-0.39, 0.29) is 22.0 Å². The summed E-state index contributed by atoms with van der Waals surface area (Å²) in [4.78, 5) is 0. The lowest BCUT2D eigenvalue weighted by Gasteiger charge is -2.16. The summed E-state index contributed by atoms with van der Waals surface area (Å²) in [6, 6.07) is 7.50. The third-order valence-corrected chi connectivity index (χ3v) is 4.19. The van der Waals surface area contributed by atoms with Crippen molar-refractivity contribution >= 4 is 21.6 Å². The molecule has 1 aliphatic rings. The van der Waals surface area contributed by atoms with E-state index in [0.29, 0.717) is 0 Å². The van der Waals surface area contributed by atoms with Gasteiger partial charge in [-0.1, -0.05) is 12.1 Å². The molecule has 1 aliphatic carbocycles. The van der Waals surface area contributed by atoms with Crippen LogP contribution in [0.15, 0.2) is 34.8 Å². The molecule has 0 fully saturated rings. The van der Waals surface area contributed by atoms with Crippen LogP contribution < -0.4 is 5.32 Å². The fraction of sp³-hybridized carbons (Fsp3) is 0.200. The molecule has 0 heterocycles. The van der Waals surface area contributed by atoms with Crippen LogP contribution >= 0.6 is 15.9 Å². The number of rotatable bonds is 2. The van der Waals surface area contributed by atoms with Gasteiger partial charge in [0, 0.05) is 6.07 Å². The van der Waals surface area contributed by atoms with Crippen molar-refractivity contribution in [2.24, 2.45) is 0 Å². The zero-order valence-electron chi connectivity index (χ0n) is 10.5. The van der Waals surface area contributed by atoms with E-state index in [1.807, 2.05) is 6.07 Å². The standard InChI is InChI=1S/C15H12BrF2NO/c16-10-6-14(12(18)7-11(10)17)19-13-5-4-9-8(13)2-1-3-15(9)20/h1-3,6-7,13,19-20H,4-5H2. The topological polar surface area (TPSA) is 32.3 Å². The van der Waals surface area contributed by atoms with Crippen molar-refractivity contribution in [2.45, 2.75) is 18.9 Å². The second kappa shape index (κ2) is 5.05. The minimum atomic E-state index is -0.627. The predicted molar refractivity (Wildman–Crippen MR) is 76.8 cm³/mol. The molecule has 1 atom stereocenters. The molecule has 0 amide bonds. The van der Waals surface area contributed by atoms with E-state index in [1.54, 1.807) is 12.1 Å². The van der Waals surface area contributed by atoms with Gasteiger partial charge in [0.05, 0.1) is 16.2 Å². The van der Waals surface area contributed by atoms with Gasteiger partial charge in [-0.2, -0.15) is 0 Å². The fourth-order valence-electron chi connectivity index (χ4n) is 2.61. The number of phenolic OH excluding ortho intramolecular Hbond substituents is 1. The van der Waals surface area contributed by atoms with Gasteiger partial charge in [-0.3, -0.25) is 0 Å². The molecule has 0 bridgehead atoms. The molecule has 104 valence electrons. The third kappa shape index (κ3) is 2.26. The summed E-state index contributed by atoms with van der Waals surface area (Å²) >= 11 is 3.05. The number of aromatic hydroxyl groups is 1. The first-order valence-electron chi connectivity index (χ1n) is 6.28. The van der Waals surface area contributed by atoms with Crippen molar-refractivity contribution in [1.29, 1.82) is 0 Å². The van der Waals surface area contributed by atoms with Crippen LogP contribution in [0, 0.1) is 11.6 Å². The molecular weight excluding hydrogens is 328 g/mol. The molecule has 0 aromatic heterocycles. The summed E-state index contributed by atoms with van der Waals surface area (Å²) < 4.78 is 27.2. The summed E-state index contributed by atoms with van der Waals surface area (Å²) in [6.45, 7) is 0. The average molecular weight is 340 g/mol. The Bertz CT molecular complexity index is 675. The molecule has 0 spiro atoms. The number of hydrogen-bond donors (Lipinski definition) is 2. The zero-order valence-corrected chi connectivity index (χ0v) is 12.0. The Morgan fingerprint density at radius 2 is 2.00 bits per heavy atom. The molecule has 0 saturated heterocycles. The first-order chi connectivity index (χ1) is 9.56. The van der Waals surface area contributed by atoms with E-state index < -0.39 is 11.6 Å². The SMILES string of the molecule is Oc1cccc2c1CCC2Nc1cc(Br)c(F)cc1F. The molecule has 0 saturated carbocycles. The summed E-state index contributed by atoms with van der Waals surface area (Å²) in [5.41, 5.74) is 2.11. The summed E-state index contributed by atoms with van der Waals surface area (Å²) in [5.74, 6) is -0.982. The number of hydrogen-bond acceptors (Lipinski definition) is 2. The van der Waals surface area contributed by atoms with Gasteiger partial charge < -0.3 is 10.4 Å². The Balaban J connectivity index is 1.91. The van der Waals surface area contributed by atoms with Crippen molar-refractivity contribution < 1.29 is 13.9 Å². The summed E-state index contributed by atoms with van der Waals surface area (Å²) in [5, 5.41) is 12.9. The molecule has 2 aromatic rings. The van der Waals surface area contributed by atoms with Gasteiger partial charge in [0.1, 0.15) is 17.4 Å². The van der Waals surface area contributed by atoms with E-state index in [1.165, 1.54) is 6.07 Å². The van der Waals surface area contributed by atoms with E-state index in [0.717, 1.165) is 30.0 Å². The predicted octanol–water partition coefficient (Wildman–Crippen LogP) is 4.53. The second-order valence-corrected chi connectivity index (χ2v) is 5.68. The minimum Gasteiger partial charge on any atom is -0.508 e. The lowest BCUT2D eigenvalue weighted by Crippen LogP contribution is -2.08. The van der Waals surface area contributed by atoms with Crippen LogP contribution in [0.1, 0.15) is 23.6 Å². The Morgan fingerprint density at radius 3 is 2.80 bits per heavy atom. The highest BCUT2D eigenvalue weighted by atomic mass is 79.9. The monoisotopic (exact) mass is 339 g/mol. The Morgan fingerprint density at radius 1 is 1.20 bits per heavy atom. The number of anilines is 1. The van der Waals surface area contributed by atoms with Gasteiger partial charge in [-0.05, 0) is 52.0 Å². The molecule has 0 radical (unpaired) electrons. The fourth-order valence-corrected chi connectivity index (χ4v) is 2.95. The van der Waals surface area contributed by atoms with Gasteiger partial charge in [-0.25, -0.2) is 8.78 Å². The Hall–Kier alpha value is -1.62. The molecular formula is C15H12BrF2NO. The van der Waals surface area contributed by atoms with Gasteiger partial charge in [0.15, 0.2) is 0 Å². The largest absolute Gasteiger partial charge is 0.508 e. The van der Waals surface area contributed by atoms with Gasteiger partial charge in [0.25, 0.3) is 0 Å². The number of phenols is 1. The maximum Gasteiger partial charge on any atom is 0.149 e. The Labute approximate surface area is 123 Å². The molecule has 5 heteroatoms. The smallest absolute Gasteiger partial charge is 0.149 e. The van der Waals surface area contributed by atoms with Crippen molar-refractivity contribution in [3.05, 3.63) is 57.6 Å². The van der Waals surface area contributed by atoms with E-state index in [9.17, 15) is 13.9 Å². The van der Waals surface area contributed by atoms with Crippen LogP contribution in [0.25, 0.3) is 0 Å². The lowest BCUT2D eigenvalue weighted by molar-refractivity contribution is 0.469. The minimum absolute atomic E-state index is 0.0797. The first-order valence-corrected chi connectivity index (χ1v) is 7.07. The van der Waals surface area contributed by atoms with Crippen LogP contribution in [0.5, 0.6) is 5.75 Å². The number of halogens is 3. The molecule has 2 nitrogen and oxygen atoms in total. The van der Waals surface area contributed by atoms with E-state index in [2.05, 4.69) is 21.2 Å². The molecule has 2 N–H and O–H groups in total. The third-order valence-electron chi connectivity index (χ3n) is 3.59. The lowest BCUT2D eigenvalue weighted by atomic mass is 10.1. The van der Waals surface area contributed by atoms with Crippen molar-refractivity contribution in [1.82, 2.24) is 0 Å².